The molecule has 1 atom stereocenters. The summed E-state index contributed by atoms with van der Waals surface area (Å²) in [6, 6.07) is 9.52. The van der Waals surface area contributed by atoms with Crippen molar-refractivity contribution >= 4 is 0 Å². The third-order valence-electron chi connectivity index (χ3n) is 5.02. The van der Waals surface area contributed by atoms with E-state index in [0.29, 0.717) is 5.41 Å². The molecule has 2 saturated heterocycles. The molecule has 104 valence electrons. The fourth-order valence-electron chi connectivity index (χ4n) is 3.62. The van der Waals surface area contributed by atoms with E-state index in [1.807, 2.05) is 0 Å². The van der Waals surface area contributed by atoms with Crippen LogP contribution in [-0.2, 0) is 5.41 Å². The Morgan fingerprint density at radius 1 is 1.00 bits per heavy atom. The van der Waals surface area contributed by atoms with E-state index in [9.17, 15) is 0 Å². The van der Waals surface area contributed by atoms with Crippen LogP contribution >= 0.6 is 0 Å². The largest absolute Gasteiger partial charge is 0.317 e. The predicted molar refractivity (Wildman–Crippen MR) is 80.7 cm³/mol. The number of benzene rings is 1. The van der Waals surface area contributed by atoms with E-state index in [2.05, 4.69) is 41.8 Å². The Morgan fingerprint density at radius 2 is 1.74 bits per heavy atom. The maximum absolute atomic E-state index is 3.54. The summed E-state index contributed by atoms with van der Waals surface area (Å²) in [5.41, 5.74) is 3.39. The summed E-state index contributed by atoms with van der Waals surface area (Å²) in [5, 5.41) is 6.99. The van der Waals surface area contributed by atoms with Crippen molar-refractivity contribution in [3.63, 3.8) is 0 Å². The van der Waals surface area contributed by atoms with Crippen molar-refractivity contribution in [3.8, 4) is 0 Å². The van der Waals surface area contributed by atoms with Crippen molar-refractivity contribution in [1.29, 1.82) is 0 Å². The molecule has 2 heterocycles. The Bertz CT molecular complexity index is 398. The molecule has 2 heteroatoms. The van der Waals surface area contributed by atoms with Gasteiger partial charge in [-0.25, -0.2) is 0 Å². The van der Waals surface area contributed by atoms with Gasteiger partial charge in [-0.15, -0.1) is 0 Å². The van der Waals surface area contributed by atoms with Gasteiger partial charge in [0.25, 0.3) is 0 Å². The van der Waals surface area contributed by atoms with Crippen LogP contribution in [0, 0.1) is 0 Å². The molecular formula is C17H26N2. The molecule has 2 aliphatic rings. The van der Waals surface area contributed by atoms with Gasteiger partial charge in [-0.3, -0.25) is 0 Å². The molecule has 1 aromatic carbocycles. The third-order valence-corrected chi connectivity index (χ3v) is 5.02. The van der Waals surface area contributed by atoms with Crippen LogP contribution in [0.1, 0.15) is 49.7 Å². The summed E-state index contributed by atoms with van der Waals surface area (Å²) in [7, 11) is 0. The highest BCUT2D eigenvalue weighted by molar-refractivity contribution is 5.31. The van der Waals surface area contributed by atoms with Gasteiger partial charge in [-0.2, -0.15) is 0 Å². The number of nitrogens with one attached hydrogen (secondary N) is 2. The van der Waals surface area contributed by atoms with Crippen LogP contribution < -0.4 is 10.6 Å². The average molecular weight is 258 g/mol. The Morgan fingerprint density at radius 3 is 2.37 bits per heavy atom. The summed E-state index contributed by atoms with van der Waals surface area (Å²) in [4.78, 5) is 0. The Kier molecular flexibility index (Phi) is 3.90. The van der Waals surface area contributed by atoms with Crippen LogP contribution in [0.2, 0.25) is 0 Å². The van der Waals surface area contributed by atoms with Crippen LogP contribution in [0.15, 0.2) is 24.3 Å². The second kappa shape index (κ2) is 5.64. The first-order valence-electron chi connectivity index (χ1n) is 7.80. The van der Waals surface area contributed by atoms with Crippen LogP contribution in [0.25, 0.3) is 0 Å². The van der Waals surface area contributed by atoms with Crippen molar-refractivity contribution in [2.75, 3.05) is 26.2 Å². The minimum Gasteiger partial charge on any atom is -0.317 e. The smallest absolute Gasteiger partial charge is 0.00500 e. The van der Waals surface area contributed by atoms with Gasteiger partial charge in [0.2, 0.25) is 0 Å². The fourth-order valence-corrected chi connectivity index (χ4v) is 3.62. The summed E-state index contributed by atoms with van der Waals surface area (Å²) in [6.45, 7) is 7.06. The normalized spacial score (nSPS) is 29.3. The van der Waals surface area contributed by atoms with E-state index in [1.165, 1.54) is 56.4 Å². The number of rotatable bonds is 2. The molecule has 0 saturated carbocycles. The van der Waals surface area contributed by atoms with Gasteiger partial charge in [0, 0.05) is 12.0 Å². The highest BCUT2D eigenvalue weighted by Gasteiger charge is 2.28. The van der Waals surface area contributed by atoms with E-state index in [-0.39, 0.29) is 0 Å². The molecule has 2 nitrogen and oxygen atoms in total. The molecule has 0 amide bonds. The zero-order valence-corrected chi connectivity index (χ0v) is 12.0. The van der Waals surface area contributed by atoms with Crippen molar-refractivity contribution in [2.24, 2.45) is 0 Å². The molecule has 0 unspecified atom stereocenters. The average Bonchev–Trinajstić information content (AvgIpc) is 2.49. The van der Waals surface area contributed by atoms with Crippen LogP contribution in [0.5, 0.6) is 0 Å². The minimum absolute atomic E-state index is 0.338. The topological polar surface area (TPSA) is 24.1 Å². The first-order valence-corrected chi connectivity index (χ1v) is 7.80. The quantitative estimate of drug-likeness (QED) is 0.852. The third kappa shape index (κ3) is 2.85. The summed E-state index contributed by atoms with van der Waals surface area (Å²) >= 11 is 0. The van der Waals surface area contributed by atoms with E-state index in [4.69, 9.17) is 0 Å². The van der Waals surface area contributed by atoms with Gasteiger partial charge in [0.1, 0.15) is 0 Å². The second-order valence-electron chi connectivity index (χ2n) is 6.49. The van der Waals surface area contributed by atoms with E-state index in [1.54, 1.807) is 0 Å². The molecule has 3 rings (SSSR count). The highest BCUT2D eigenvalue weighted by atomic mass is 14.9. The second-order valence-corrected chi connectivity index (χ2v) is 6.49. The van der Waals surface area contributed by atoms with E-state index in [0.717, 1.165) is 12.5 Å². The lowest BCUT2D eigenvalue weighted by Crippen LogP contribution is -2.41. The summed E-state index contributed by atoms with van der Waals surface area (Å²) in [5.74, 6) is 0.771. The number of piperidine rings is 2. The van der Waals surface area contributed by atoms with Gasteiger partial charge in [0.15, 0.2) is 0 Å². The van der Waals surface area contributed by atoms with Crippen molar-refractivity contribution < 1.29 is 0 Å². The van der Waals surface area contributed by atoms with Crippen LogP contribution in [0.4, 0.5) is 0 Å². The molecular weight excluding hydrogens is 232 g/mol. The van der Waals surface area contributed by atoms with Crippen molar-refractivity contribution in [3.05, 3.63) is 35.4 Å². The van der Waals surface area contributed by atoms with Gasteiger partial charge < -0.3 is 10.6 Å². The lowest BCUT2D eigenvalue weighted by molar-refractivity contribution is 0.339. The van der Waals surface area contributed by atoms with Crippen LogP contribution in [-0.4, -0.2) is 26.2 Å². The summed E-state index contributed by atoms with van der Waals surface area (Å²) in [6.07, 6.45) is 5.19. The predicted octanol–water partition coefficient (Wildman–Crippen LogP) is 2.79. The van der Waals surface area contributed by atoms with Crippen molar-refractivity contribution in [1.82, 2.24) is 10.6 Å². The van der Waals surface area contributed by atoms with Crippen molar-refractivity contribution in [2.45, 2.75) is 43.9 Å². The molecule has 1 aromatic rings. The zero-order valence-electron chi connectivity index (χ0n) is 12.0. The Balaban J connectivity index is 1.74. The Hall–Kier alpha value is -0.860. The van der Waals surface area contributed by atoms with Gasteiger partial charge in [0.05, 0.1) is 0 Å². The standard InChI is InChI=1S/C17H26N2/c1-17(9-2-10-19-13-17)16-5-3-14(4-6-16)15-7-11-18-12-8-15/h3-6,15,18-19H,2,7-13H2,1H3/t17-/m0/s1. The fraction of sp³-hybridized carbons (Fsp3) is 0.647. The maximum atomic E-state index is 3.54. The number of hydrogen-bond acceptors (Lipinski definition) is 2. The first kappa shape index (κ1) is 13.1. The maximum Gasteiger partial charge on any atom is 0.00500 e. The molecule has 0 spiro atoms. The molecule has 19 heavy (non-hydrogen) atoms. The number of hydrogen-bond donors (Lipinski definition) is 2. The zero-order chi connectivity index (χ0) is 13.1. The Labute approximate surface area is 117 Å². The molecule has 0 aromatic heterocycles. The van der Waals surface area contributed by atoms with Gasteiger partial charge >= 0.3 is 0 Å². The molecule has 2 N–H and O–H groups in total. The highest BCUT2D eigenvalue weighted by Crippen LogP contribution is 2.32. The van der Waals surface area contributed by atoms with E-state index < -0.39 is 0 Å². The lowest BCUT2D eigenvalue weighted by Gasteiger charge is -2.35. The summed E-state index contributed by atoms with van der Waals surface area (Å²) < 4.78 is 0. The van der Waals surface area contributed by atoms with E-state index >= 15 is 0 Å². The minimum atomic E-state index is 0.338. The molecule has 0 radical (unpaired) electrons. The van der Waals surface area contributed by atoms with Gasteiger partial charge in [-0.1, -0.05) is 31.2 Å². The molecule has 0 aliphatic carbocycles. The molecule has 0 bridgehead atoms. The lowest BCUT2D eigenvalue weighted by atomic mass is 9.76. The monoisotopic (exact) mass is 258 g/mol. The SMILES string of the molecule is C[C@]1(c2ccc(C3CCNCC3)cc2)CCCNC1. The van der Waals surface area contributed by atoms with Gasteiger partial charge in [-0.05, 0) is 62.4 Å². The molecule has 2 fully saturated rings. The van der Waals surface area contributed by atoms with Crippen LogP contribution in [0.3, 0.4) is 0 Å². The first-order chi connectivity index (χ1) is 9.28. The molecule has 2 aliphatic heterocycles.